The summed E-state index contributed by atoms with van der Waals surface area (Å²) in [4.78, 5) is 36.0. The first-order valence-corrected chi connectivity index (χ1v) is 9.19. The van der Waals surface area contributed by atoms with Crippen LogP contribution in [-0.4, -0.2) is 35.2 Å². The molecule has 27 heavy (non-hydrogen) atoms. The fourth-order valence-electron chi connectivity index (χ4n) is 2.58. The lowest BCUT2D eigenvalue weighted by Gasteiger charge is -2.23. The van der Waals surface area contributed by atoms with E-state index in [0.29, 0.717) is 12.8 Å². The van der Waals surface area contributed by atoms with Crippen molar-refractivity contribution in [3.63, 3.8) is 0 Å². The number of carboxylic acids is 1. The zero-order valence-electron chi connectivity index (χ0n) is 16.4. The second kappa shape index (κ2) is 11.2. The minimum absolute atomic E-state index is 0.0911. The van der Waals surface area contributed by atoms with Crippen molar-refractivity contribution in [2.24, 2.45) is 11.8 Å². The number of carbonyl (C=O) groups is 3. The molecule has 0 aliphatic carbocycles. The van der Waals surface area contributed by atoms with Crippen LogP contribution in [0.4, 0.5) is 4.79 Å². The van der Waals surface area contributed by atoms with Gasteiger partial charge in [-0.2, -0.15) is 0 Å². The third-order valence-electron chi connectivity index (χ3n) is 3.85. The molecule has 150 valence electrons. The molecule has 0 spiro atoms. The summed E-state index contributed by atoms with van der Waals surface area (Å²) in [6.07, 6.45) is -0.0239. The summed E-state index contributed by atoms with van der Waals surface area (Å²) in [7, 11) is 0. The average Bonchev–Trinajstić information content (AvgIpc) is 2.58. The topological polar surface area (TPSA) is 105 Å². The molecular formula is C20H30N2O5. The van der Waals surface area contributed by atoms with E-state index in [9.17, 15) is 19.5 Å². The zero-order chi connectivity index (χ0) is 20.4. The fraction of sp³-hybridized carbons (Fsp3) is 0.550. The Hall–Kier alpha value is -2.57. The van der Waals surface area contributed by atoms with Crippen LogP contribution in [0.5, 0.6) is 0 Å². The number of nitrogens with one attached hydrogen (secondary N) is 2. The van der Waals surface area contributed by atoms with Gasteiger partial charge in [-0.15, -0.1) is 0 Å². The third-order valence-corrected chi connectivity index (χ3v) is 3.85. The van der Waals surface area contributed by atoms with E-state index >= 15 is 0 Å². The van der Waals surface area contributed by atoms with Gasteiger partial charge in [0, 0.05) is 0 Å². The third kappa shape index (κ3) is 9.08. The van der Waals surface area contributed by atoms with E-state index in [1.54, 1.807) is 0 Å². The SMILES string of the molecule is CC(C)C[C@H](NC(=O)OCc1ccccc1)C(=O)N[C@H](CC(C)C)C(=O)O. The van der Waals surface area contributed by atoms with Crippen LogP contribution < -0.4 is 10.6 Å². The lowest BCUT2D eigenvalue weighted by Crippen LogP contribution is -2.52. The van der Waals surface area contributed by atoms with Gasteiger partial charge in [-0.25, -0.2) is 9.59 Å². The number of carboxylic acid groups (broad SMARTS) is 1. The molecule has 0 saturated heterocycles. The molecule has 2 atom stereocenters. The highest BCUT2D eigenvalue weighted by Gasteiger charge is 2.28. The van der Waals surface area contributed by atoms with Crippen molar-refractivity contribution in [3.05, 3.63) is 35.9 Å². The molecule has 7 heteroatoms. The lowest BCUT2D eigenvalue weighted by molar-refractivity contribution is -0.142. The summed E-state index contributed by atoms with van der Waals surface area (Å²) in [6.45, 7) is 7.69. The predicted octanol–water partition coefficient (Wildman–Crippen LogP) is 2.94. The van der Waals surface area contributed by atoms with Crippen LogP contribution in [-0.2, 0) is 20.9 Å². The first kappa shape index (κ1) is 22.5. The van der Waals surface area contributed by atoms with Crippen LogP contribution in [0.1, 0.15) is 46.1 Å². The van der Waals surface area contributed by atoms with E-state index in [1.807, 2.05) is 58.0 Å². The van der Waals surface area contributed by atoms with E-state index in [0.717, 1.165) is 5.56 Å². The number of ether oxygens (including phenoxy) is 1. The molecule has 0 saturated carbocycles. The molecule has 3 N–H and O–H groups in total. The maximum absolute atomic E-state index is 12.5. The van der Waals surface area contributed by atoms with Gasteiger partial charge in [-0.1, -0.05) is 58.0 Å². The maximum atomic E-state index is 12.5. The van der Waals surface area contributed by atoms with E-state index in [4.69, 9.17) is 4.74 Å². The number of rotatable bonds is 10. The molecule has 0 unspecified atom stereocenters. The molecule has 1 aromatic carbocycles. The van der Waals surface area contributed by atoms with Crippen LogP contribution in [0.2, 0.25) is 0 Å². The van der Waals surface area contributed by atoms with Crippen molar-refractivity contribution in [3.8, 4) is 0 Å². The second-order valence-electron chi connectivity index (χ2n) is 7.42. The Balaban J connectivity index is 2.68. The smallest absolute Gasteiger partial charge is 0.408 e. The Kier molecular flexibility index (Phi) is 9.33. The van der Waals surface area contributed by atoms with Crippen molar-refractivity contribution < 1.29 is 24.2 Å². The maximum Gasteiger partial charge on any atom is 0.408 e. The Bertz CT molecular complexity index is 616. The number of hydrogen-bond donors (Lipinski definition) is 3. The minimum Gasteiger partial charge on any atom is -0.480 e. The fourth-order valence-corrected chi connectivity index (χ4v) is 2.58. The number of benzene rings is 1. The molecule has 0 aromatic heterocycles. The molecule has 0 aliphatic heterocycles. The first-order valence-electron chi connectivity index (χ1n) is 9.19. The van der Waals surface area contributed by atoms with E-state index in [2.05, 4.69) is 10.6 Å². The van der Waals surface area contributed by atoms with Crippen molar-refractivity contribution >= 4 is 18.0 Å². The van der Waals surface area contributed by atoms with Crippen molar-refractivity contribution in [2.45, 2.75) is 59.2 Å². The van der Waals surface area contributed by atoms with Gasteiger partial charge in [0.05, 0.1) is 0 Å². The zero-order valence-corrected chi connectivity index (χ0v) is 16.4. The van der Waals surface area contributed by atoms with Gasteiger partial charge < -0.3 is 20.5 Å². The number of amides is 2. The first-order chi connectivity index (χ1) is 12.7. The Labute approximate surface area is 160 Å². The molecule has 0 radical (unpaired) electrons. The number of hydrogen-bond acceptors (Lipinski definition) is 4. The molecule has 7 nitrogen and oxygen atoms in total. The predicted molar refractivity (Wildman–Crippen MR) is 102 cm³/mol. The van der Waals surface area contributed by atoms with Gasteiger partial charge in [-0.3, -0.25) is 4.79 Å². The highest BCUT2D eigenvalue weighted by molar-refractivity contribution is 5.89. The quantitative estimate of drug-likeness (QED) is 0.581. The Morgan fingerprint density at radius 3 is 2.00 bits per heavy atom. The highest BCUT2D eigenvalue weighted by atomic mass is 16.5. The molecule has 0 aliphatic rings. The van der Waals surface area contributed by atoms with Crippen molar-refractivity contribution in [2.75, 3.05) is 0 Å². The summed E-state index contributed by atoms with van der Waals surface area (Å²) < 4.78 is 5.16. The van der Waals surface area contributed by atoms with Gasteiger partial charge in [0.2, 0.25) is 5.91 Å². The summed E-state index contributed by atoms with van der Waals surface area (Å²) in [5, 5.41) is 14.4. The molecule has 2 amide bonds. The van der Waals surface area contributed by atoms with Crippen LogP contribution in [0.25, 0.3) is 0 Å². The van der Waals surface area contributed by atoms with E-state index in [-0.39, 0.29) is 18.4 Å². The number of carbonyl (C=O) groups excluding carboxylic acids is 2. The molecule has 0 bridgehead atoms. The van der Waals surface area contributed by atoms with Crippen LogP contribution in [0.15, 0.2) is 30.3 Å². The van der Waals surface area contributed by atoms with E-state index < -0.39 is 30.1 Å². The van der Waals surface area contributed by atoms with Gasteiger partial charge >= 0.3 is 12.1 Å². The monoisotopic (exact) mass is 378 g/mol. The van der Waals surface area contributed by atoms with Crippen LogP contribution >= 0.6 is 0 Å². The molecule has 1 aromatic rings. The number of alkyl carbamates (subject to hydrolysis) is 1. The van der Waals surface area contributed by atoms with Gasteiger partial charge in [-0.05, 0) is 30.2 Å². The van der Waals surface area contributed by atoms with Crippen molar-refractivity contribution in [1.82, 2.24) is 10.6 Å². The van der Waals surface area contributed by atoms with Gasteiger partial charge in [0.1, 0.15) is 18.7 Å². The Morgan fingerprint density at radius 2 is 1.48 bits per heavy atom. The van der Waals surface area contributed by atoms with Crippen LogP contribution in [0, 0.1) is 11.8 Å². The summed E-state index contributed by atoms with van der Waals surface area (Å²) in [5.41, 5.74) is 0.834. The van der Waals surface area contributed by atoms with Crippen LogP contribution in [0.3, 0.4) is 0 Å². The second-order valence-corrected chi connectivity index (χ2v) is 7.42. The standard InChI is InChI=1S/C20H30N2O5/c1-13(2)10-16(18(23)21-17(19(24)25)11-14(3)4)22-20(26)27-12-15-8-6-5-7-9-15/h5-9,13-14,16-17H,10-12H2,1-4H3,(H,21,23)(H,22,26)(H,24,25)/t16-,17+/m0/s1. The minimum atomic E-state index is -1.09. The van der Waals surface area contributed by atoms with Gasteiger partial charge in [0.15, 0.2) is 0 Å². The molecular weight excluding hydrogens is 348 g/mol. The molecule has 0 fully saturated rings. The molecule has 0 heterocycles. The molecule has 1 rings (SSSR count). The number of aliphatic carboxylic acids is 1. The van der Waals surface area contributed by atoms with E-state index in [1.165, 1.54) is 0 Å². The lowest BCUT2D eigenvalue weighted by atomic mass is 10.0. The van der Waals surface area contributed by atoms with Gasteiger partial charge in [0.25, 0.3) is 0 Å². The van der Waals surface area contributed by atoms with Crippen molar-refractivity contribution in [1.29, 1.82) is 0 Å². The summed E-state index contributed by atoms with van der Waals surface area (Å²) in [6, 6.07) is 7.35. The Morgan fingerprint density at radius 1 is 0.926 bits per heavy atom. The largest absolute Gasteiger partial charge is 0.480 e. The summed E-state index contributed by atoms with van der Waals surface area (Å²) in [5.74, 6) is -1.37. The highest BCUT2D eigenvalue weighted by Crippen LogP contribution is 2.09. The summed E-state index contributed by atoms with van der Waals surface area (Å²) >= 11 is 0. The average molecular weight is 378 g/mol. The normalized spacial score (nSPS) is 13.1.